The Hall–Kier alpha value is -2.77. The van der Waals surface area contributed by atoms with Crippen LogP contribution in [-0.2, 0) is 11.3 Å². The molecule has 0 spiro atoms. The SMILES string of the molecule is CC(C)C(C(=O)O)N(Cl)Cc1ccc(-c2ccccc2-c2nn[nH]n2)cc1. The Labute approximate surface area is 162 Å². The highest BCUT2D eigenvalue weighted by Crippen LogP contribution is 2.30. The van der Waals surface area contributed by atoms with Gasteiger partial charge in [-0.2, -0.15) is 5.21 Å². The first-order chi connectivity index (χ1) is 13.0. The van der Waals surface area contributed by atoms with Crippen LogP contribution < -0.4 is 0 Å². The Morgan fingerprint density at radius 1 is 1.15 bits per heavy atom. The van der Waals surface area contributed by atoms with E-state index in [1.165, 1.54) is 4.42 Å². The summed E-state index contributed by atoms with van der Waals surface area (Å²) in [5, 5.41) is 23.6. The number of nitrogens with one attached hydrogen (secondary N) is 1. The Bertz CT molecular complexity index is 897. The lowest BCUT2D eigenvalue weighted by Gasteiger charge is -2.24. The highest BCUT2D eigenvalue weighted by atomic mass is 35.5. The van der Waals surface area contributed by atoms with Crippen molar-refractivity contribution < 1.29 is 9.90 Å². The molecule has 1 aromatic heterocycles. The van der Waals surface area contributed by atoms with E-state index in [0.29, 0.717) is 12.4 Å². The molecular weight excluding hydrogens is 366 g/mol. The van der Waals surface area contributed by atoms with E-state index in [-0.39, 0.29) is 5.92 Å². The van der Waals surface area contributed by atoms with Gasteiger partial charge in [0.05, 0.1) is 0 Å². The molecule has 27 heavy (non-hydrogen) atoms. The average Bonchev–Trinajstić information content (AvgIpc) is 3.16. The maximum atomic E-state index is 11.4. The molecule has 0 radical (unpaired) electrons. The number of aromatic amines is 1. The molecule has 7 nitrogen and oxygen atoms in total. The van der Waals surface area contributed by atoms with E-state index >= 15 is 0 Å². The average molecular weight is 386 g/mol. The number of carbonyl (C=O) groups is 1. The van der Waals surface area contributed by atoms with Gasteiger partial charge in [-0.05, 0) is 39.6 Å². The number of hydrogen-bond donors (Lipinski definition) is 2. The van der Waals surface area contributed by atoms with Crippen molar-refractivity contribution >= 4 is 17.7 Å². The topological polar surface area (TPSA) is 95.0 Å². The molecule has 2 N–H and O–H groups in total. The van der Waals surface area contributed by atoms with Crippen molar-refractivity contribution in [3.8, 4) is 22.5 Å². The number of nitrogens with zero attached hydrogens (tertiary/aromatic N) is 4. The number of carboxylic acid groups (broad SMARTS) is 1. The van der Waals surface area contributed by atoms with Crippen molar-refractivity contribution in [1.82, 2.24) is 25.0 Å². The fourth-order valence-electron chi connectivity index (χ4n) is 3.00. The first kappa shape index (κ1) is 19.0. The van der Waals surface area contributed by atoms with Crippen LogP contribution in [0.2, 0.25) is 0 Å². The largest absolute Gasteiger partial charge is 0.480 e. The zero-order valence-corrected chi connectivity index (χ0v) is 15.8. The molecule has 0 saturated heterocycles. The second kappa shape index (κ2) is 8.28. The monoisotopic (exact) mass is 385 g/mol. The third kappa shape index (κ3) is 4.32. The maximum Gasteiger partial charge on any atom is 0.322 e. The van der Waals surface area contributed by atoms with E-state index in [9.17, 15) is 9.90 Å². The van der Waals surface area contributed by atoms with Crippen molar-refractivity contribution in [1.29, 1.82) is 0 Å². The Morgan fingerprint density at radius 3 is 2.37 bits per heavy atom. The summed E-state index contributed by atoms with van der Waals surface area (Å²) in [4.78, 5) is 11.4. The van der Waals surface area contributed by atoms with Crippen molar-refractivity contribution in [2.75, 3.05) is 0 Å². The number of aliphatic carboxylic acids is 1. The third-order valence-corrected chi connectivity index (χ3v) is 4.63. The summed E-state index contributed by atoms with van der Waals surface area (Å²) in [6.45, 7) is 4.02. The van der Waals surface area contributed by atoms with E-state index in [1.54, 1.807) is 0 Å². The summed E-state index contributed by atoms with van der Waals surface area (Å²) in [5.74, 6) is -0.491. The Balaban J connectivity index is 1.82. The van der Waals surface area contributed by atoms with Crippen molar-refractivity contribution in [3.05, 3.63) is 54.1 Å². The number of benzene rings is 2. The lowest BCUT2D eigenvalue weighted by atomic mass is 9.98. The molecule has 140 valence electrons. The fourth-order valence-corrected chi connectivity index (χ4v) is 3.44. The van der Waals surface area contributed by atoms with Crippen molar-refractivity contribution in [3.63, 3.8) is 0 Å². The number of halogens is 1. The normalized spacial score (nSPS) is 12.5. The predicted molar refractivity (Wildman–Crippen MR) is 103 cm³/mol. The molecule has 3 aromatic rings. The van der Waals surface area contributed by atoms with Crippen LogP contribution in [0.25, 0.3) is 22.5 Å². The van der Waals surface area contributed by atoms with Crippen LogP contribution in [0.5, 0.6) is 0 Å². The fraction of sp³-hybridized carbons (Fsp3) is 0.263. The quantitative estimate of drug-likeness (QED) is 0.603. The molecule has 0 aliphatic heterocycles. The number of aromatic nitrogens is 4. The van der Waals surface area contributed by atoms with Crippen LogP contribution in [0.4, 0.5) is 0 Å². The third-order valence-electron chi connectivity index (χ3n) is 4.30. The standard InChI is InChI=1S/C19H20ClN5O2/c1-12(2)17(19(26)27)25(20)11-13-7-9-14(10-8-13)15-5-3-4-6-16(15)18-21-23-24-22-18/h3-10,12,17H,11H2,1-2H3,(H,26,27)(H,21,22,23,24). The molecule has 0 bridgehead atoms. The molecule has 1 atom stereocenters. The maximum absolute atomic E-state index is 11.4. The van der Waals surface area contributed by atoms with Gasteiger partial charge >= 0.3 is 5.97 Å². The van der Waals surface area contributed by atoms with Crippen molar-refractivity contribution in [2.45, 2.75) is 26.4 Å². The molecule has 3 rings (SSSR count). The lowest BCUT2D eigenvalue weighted by molar-refractivity contribution is -0.143. The Morgan fingerprint density at radius 2 is 1.81 bits per heavy atom. The first-order valence-corrected chi connectivity index (χ1v) is 8.88. The van der Waals surface area contributed by atoms with E-state index < -0.39 is 12.0 Å². The van der Waals surface area contributed by atoms with E-state index in [1.807, 2.05) is 62.4 Å². The summed E-state index contributed by atoms with van der Waals surface area (Å²) < 4.78 is 1.34. The van der Waals surface area contributed by atoms with E-state index in [0.717, 1.165) is 22.3 Å². The molecule has 0 fully saturated rings. The van der Waals surface area contributed by atoms with Gasteiger partial charge in [-0.3, -0.25) is 4.79 Å². The summed E-state index contributed by atoms with van der Waals surface area (Å²) in [6, 6.07) is 14.9. The molecule has 1 heterocycles. The van der Waals surface area contributed by atoms with Crippen LogP contribution in [0.15, 0.2) is 48.5 Å². The van der Waals surface area contributed by atoms with E-state index in [2.05, 4.69) is 20.6 Å². The second-order valence-electron chi connectivity index (χ2n) is 6.56. The number of H-pyrrole nitrogens is 1. The van der Waals surface area contributed by atoms with Crippen LogP contribution in [0.1, 0.15) is 19.4 Å². The minimum atomic E-state index is -0.925. The zero-order valence-electron chi connectivity index (χ0n) is 15.0. The van der Waals surface area contributed by atoms with E-state index in [4.69, 9.17) is 11.8 Å². The molecule has 1 unspecified atom stereocenters. The number of tetrazole rings is 1. The van der Waals surface area contributed by atoms with Crippen LogP contribution >= 0.6 is 11.8 Å². The van der Waals surface area contributed by atoms with Crippen LogP contribution in [0, 0.1) is 5.92 Å². The minimum Gasteiger partial charge on any atom is -0.480 e. The van der Waals surface area contributed by atoms with Gasteiger partial charge < -0.3 is 5.11 Å². The predicted octanol–water partition coefficient (Wildman–Crippen LogP) is 3.60. The van der Waals surface area contributed by atoms with Gasteiger partial charge in [-0.25, -0.2) is 4.42 Å². The van der Waals surface area contributed by atoms with Gasteiger partial charge in [0.1, 0.15) is 6.04 Å². The highest BCUT2D eigenvalue weighted by molar-refractivity contribution is 6.14. The number of hydrogen-bond acceptors (Lipinski definition) is 5. The molecule has 8 heteroatoms. The van der Waals surface area contributed by atoms with Gasteiger partial charge in [0.25, 0.3) is 0 Å². The summed E-state index contributed by atoms with van der Waals surface area (Å²) in [7, 11) is 0. The molecule has 0 amide bonds. The molecule has 0 saturated carbocycles. The molecule has 2 aromatic carbocycles. The first-order valence-electron chi connectivity index (χ1n) is 8.54. The van der Waals surface area contributed by atoms with Gasteiger partial charge in [0.2, 0.25) is 5.82 Å². The van der Waals surface area contributed by atoms with Crippen LogP contribution in [-0.4, -0.2) is 42.2 Å². The molecule has 0 aliphatic carbocycles. The summed E-state index contributed by atoms with van der Waals surface area (Å²) in [5.41, 5.74) is 3.79. The molecule has 0 aliphatic rings. The smallest absolute Gasteiger partial charge is 0.322 e. The lowest BCUT2D eigenvalue weighted by Crippen LogP contribution is -2.38. The number of carboxylic acids is 1. The summed E-state index contributed by atoms with van der Waals surface area (Å²) >= 11 is 6.25. The zero-order chi connectivity index (χ0) is 19.4. The van der Waals surface area contributed by atoms with Gasteiger partial charge in [-0.15, -0.1) is 10.2 Å². The van der Waals surface area contributed by atoms with Gasteiger partial charge in [-0.1, -0.05) is 62.4 Å². The van der Waals surface area contributed by atoms with Crippen molar-refractivity contribution in [2.24, 2.45) is 5.92 Å². The van der Waals surface area contributed by atoms with Gasteiger partial charge in [0, 0.05) is 12.1 Å². The minimum absolute atomic E-state index is 0.0962. The second-order valence-corrected chi connectivity index (χ2v) is 7.00. The summed E-state index contributed by atoms with van der Waals surface area (Å²) in [6.07, 6.45) is 0. The number of rotatable bonds is 7. The van der Waals surface area contributed by atoms with Crippen LogP contribution in [0.3, 0.4) is 0 Å². The Kier molecular flexibility index (Phi) is 5.83. The molecular formula is C19H20ClN5O2. The highest BCUT2D eigenvalue weighted by Gasteiger charge is 2.27. The van der Waals surface area contributed by atoms with Gasteiger partial charge in [0.15, 0.2) is 0 Å².